The van der Waals surface area contributed by atoms with Crippen LogP contribution in [-0.2, 0) is 16.0 Å². The summed E-state index contributed by atoms with van der Waals surface area (Å²) in [5, 5.41) is 2.72. The van der Waals surface area contributed by atoms with Gasteiger partial charge in [0.15, 0.2) is 11.6 Å². The molecule has 23 heavy (non-hydrogen) atoms. The van der Waals surface area contributed by atoms with Crippen LogP contribution in [-0.4, -0.2) is 25.5 Å². The zero-order chi connectivity index (χ0) is 16.4. The monoisotopic (exact) mass is 314 g/mol. The van der Waals surface area contributed by atoms with Gasteiger partial charge in [-0.05, 0) is 29.8 Å². The van der Waals surface area contributed by atoms with Crippen LogP contribution in [0.15, 0.2) is 42.5 Å². The van der Waals surface area contributed by atoms with Gasteiger partial charge < -0.3 is 15.0 Å². The van der Waals surface area contributed by atoms with Crippen molar-refractivity contribution in [1.82, 2.24) is 0 Å². The summed E-state index contributed by atoms with van der Waals surface area (Å²) < 4.78 is 18.6. The highest BCUT2D eigenvalue weighted by Crippen LogP contribution is 2.29. The van der Waals surface area contributed by atoms with Crippen LogP contribution in [0, 0.1) is 5.82 Å². The predicted octanol–water partition coefficient (Wildman–Crippen LogP) is 2.36. The van der Waals surface area contributed by atoms with Gasteiger partial charge in [0, 0.05) is 0 Å². The van der Waals surface area contributed by atoms with Gasteiger partial charge >= 0.3 is 0 Å². The van der Waals surface area contributed by atoms with Gasteiger partial charge in [-0.3, -0.25) is 9.59 Å². The summed E-state index contributed by atoms with van der Waals surface area (Å²) in [6.45, 7) is -0.0471. The van der Waals surface area contributed by atoms with Crippen molar-refractivity contribution in [2.24, 2.45) is 0 Å². The molecule has 0 saturated carbocycles. The number of carbonyl (C=O) groups is 2. The van der Waals surface area contributed by atoms with E-state index in [1.165, 1.54) is 24.1 Å². The normalized spacial score (nSPS) is 13.3. The van der Waals surface area contributed by atoms with Gasteiger partial charge in [-0.2, -0.15) is 0 Å². The number of fused-ring (bicyclic) bond motifs is 1. The highest BCUT2D eigenvalue weighted by molar-refractivity contribution is 6.10. The van der Waals surface area contributed by atoms with E-state index in [2.05, 4.69) is 5.32 Å². The standard InChI is InChI=1S/C17H15FN2O3/c1-23-15-7-6-11(8-12(15)18)9-17(22)20-10-16(21)19-13-4-2-3-5-14(13)20/h2-8H,9-10H2,1H3,(H,19,21). The molecule has 0 saturated heterocycles. The molecule has 118 valence electrons. The Kier molecular flexibility index (Phi) is 3.97. The minimum atomic E-state index is -0.519. The van der Waals surface area contributed by atoms with Crippen molar-refractivity contribution in [3.63, 3.8) is 0 Å². The number of hydrogen-bond acceptors (Lipinski definition) is 3. The van der Waals surface area contributed by atoms with Gasteiger partial charge in [-0.1, -0.05) is 18.2 Å². The molecule has 0 aromatic heterocycles. The molecule has 0 aliphatic carbocycles. The maximum Gasteiger partial charge on any atom is 0.244 e. The maximum atomic E-state index is 13.7. The molecule has 0 fully saturated rings. The Morgan fingerprint density at radius 3 is 2.83 bits per heavy atom. The summed E-state index contributed by atoms with van der Waals surface area (Å²) in [5.41, 5.74) is 1.76. The topological polar surface area (TPSA) is 58.6 Å². The third-order valence-electron chi connectivity index (χ3n) is 3.64. The summed E-state index contributed by atoms with van der Waals surface area (Å²) in [4.78, 5) is 25.7. The van der Waals surface area contributed by atoms with Crippen LogP contribution in [0.5, 0.6) is 5.75 Å². The molecule has 1 aliphatic rings. The molecule has 2 aromatic carbocycles. The number of halogens is 1. The first-order valence-corrected chi connectivity index (χ1v) is 7.10. The van der Waals surface area contributed by atoms with E-state index in [1.807, 2.05) is 0 Å². The van der Waals surface area contributed by atoms with Crippen molar-refractivity contribution < 1.29 is 18.7 Å². The number of carbonyl (C=O) groups excluding carboxylic acids is 2. The molecule has 0 radical (unpaired) electrons. The number of para-hydroxylation sites is 2. The second kappa shape index (κ2) is 6.08. The summed E-state index contributed by atoms with van der Waals surface area (Å²) in [5.74, 6) is -0.909. The Morgan fingerprint density at radius 2 is 2.09 bits per heavy atom. The van der Waals surface area contributed by atoms with E-state index < -0.39 is 5.82 Å². The van der Waals surface area contributed by atoms with Crippen molar-refractivity contribution in [2.45, 2.75) is 6.42 Å². The van der Waals surface area contributed by atoms with Crippen molar-refractivity contribution in [2.75, 3.05) is 23.9 Å². The molecule has 2 aromatic rings. The summed E-state index contributed by atoms with van der Waals surface area (Å²) >= 11 is 0. The molecule has 1 aliphatic heterocycles. The summed E-state index contributed by atoms with van der Waals surface area (Å²) in [7, 11) is 1.38. The first kappa shape index (κ1) is 15.0. The predicted molar refractivity (Wildman–Crippen MR) is 84.1 cm³/mol. The van der Waals surface area contributed by atoms with Crippen LogP contribution in [0.2, 0.25) is 0 Å². The van der Waals surface area contributed by atoms with Gasteiger partial charge in [0.05, 0.1) is 24.9 Å². The first-order valence-electron chi connectivity index (χ1n) is 7.10. The second-order valence-electron chi connectivity index (χ2n) is 5.19. The van der Waals surface area contributed by atoms with Crippen molar-refractivity contribution in [3.05, 3.63) is 53.8 Å². The van der Waals surface area contributed by atoms with Gasteiger partial charge in [-0.25, -0.2) is 4.39 Å². The van der Waals surface area contributed by atoms with Crippen molar-refractivity contribution >= 4 is 23.2 Å². The Labute approximate surface area is 132 Å². The largest absolute Gasteiger partial charge is 0.494 e. The highest BCUT2D eigenvalue weighted by Gasteiger charge is 2.26. The first-order chi connectivity index (χ1) is 11.1. The number of nitrogens with zero attached hydrogens (tertiary/aromatic N) is 1. The second-order valence-corrected chi connectivity index (χ2v) is 5.19. The lowest BCUT2D eigenvalue weighted by atomic mass is 10.1. The third kappa shape index (κ3) is 3.01. The van der Waals surface area contributed by atoms with Crippen molar-refractivity contribution in [3.8, 4) is 5.75 Å². The van der Waals surface area contributed by atoms with Crippen LogP contribution in [0.3, 0.4) is 0 Å². The fraction of sp³-hybridized carbons (Fsp3) is 0.176. The fourth-order valence-electron chi connectivity index (χ4n) is 2.55. The van der Waals surface area contributed by atoms with E-state index in [1.54, 1.807) is 30.3 Å². The average molecular weight is 314 g/mol. The lowest BCUT2D eigenvalue weighted by Crippen LogP contribution is -2.42. The van der Waals surface area contributed by atoms with Crippen LogP contribution in [0.4, 0.5) is 15.8 Å². The Morgan fingerprint density at radius 1 is 1.30 bits per heavy atom. The molecule has 3 rings (SSSR count). The minimum absolute atomic E-state index is 0.00251. The molecule has 0 atom stereocenters. The lowest BCUT2D eigenvalue weighted by molar-refractivity contribution is -0.121. The molecule has 0 unspecified atom stereocenters. The molecule has 2 amide bonds. The quantitative estimate of drug-likeness (QED) is 0.946. The molecule has 0 bridgehead atoms. The molecule has 5 nitrogen and oxygen atoms in total. The number of methoxy groups -OCH3 is 1. The van der Waals surface area contributed by atoms with E-state index >= 15 is 0 Å². The molecule has 1 heterocycles. The van der Waals surface area contributed by atoms with Crippen LogP contribution >= 0.6 is 0 Å². The van der Waals surface area contributed by atoms with Crippen molar-refractivity contribution in [1.29, 1.82) is 0 Å². The lowest BCUT2D eigenvalue weighted by Gasteiger charge is -2.29. The molecule has 0 spiro atoms. The van der Waals surface area contributed by atoms with Crippen LogP contribution < -0.4 is 15.0 Å². The SMILES string of the molecule is COc1ccc(CC(=O)N2CC(=O)Nc3ccccc32)cc1F. The Bertz CT molecular complexity index is 776. The number of hydrogen-bond donors (Lipinski definition) is 1. The fourth-order valence-corrected chi connectivity index (χ4v) is 2.55. The molecule has 6 heteroatoms. The number of nitrogens with one attached hydrogen (secondary N) is 1. The minimum Gasteiger partial charge on any atom is -0.494 e. The van der Waals surface area contributed by atoms with Gasteiger partial charge in [-0.15, -0.1) is 0 Å². The maximum absolute atomic E-state index is 13.7. The van der Waals surface area contributed by atoms with E-state index in [9.17, 15) is 14.0 Å². The smallest absolute Gasteiger partial charge is 0.244 e. The zero-order valence-electron chi connectivity index (χ0n) is 12.5. The van der Waals surface area contributed by atoms with Crippen LogP contribution in [0.25, 0.3) is 0 Å². The number of anilines is 2. The van der Waals surface area contributed by atoms with E-state index in [4.69, 9.17) is 4.74 Å². The summed E-state index contributed by atoms with van der Waals surface area (Å²) in [6, 6.07) is 11.5. The number of amides is 2. The number of benzene rings is 2. The third-order valence-corrected chi connectivity index (χ3v) is 3.64. The number of rotatable bonds is 3. The van der Waals surface area contributed by atoms with Gasteiger partial charge in [0.1, 0.15) is 6.54 Å². The molecular weight excluding hydrogens is 299 g/mol. The molecule has 1 N–H and O–H groups in total. The van der Waals surface area contributed by atoms with E-state index in [0.29, 0.717) is 16.9 Å². The van der Waals surface area contributed by atoms with Gasteiger partial charge in [0.25, 0.3) is 0 Å². The Balaban J connectivity index is 1.84. The highest BCUT2D eigenvalue weighted by atomic mass is 19.1. The Hall–Kier alpha value is -2.89. The van der Waals surface area contributed by atoms with E-state index in [-0.39, 0.29) is 30.5 Å². The summed E-state index contributed by atoms with van der Waals surface area (Å²) in [6.07, 6.45) is 0.00251. The zero-order valence-corrected chi connectivity index (χ0v) is 12.5. The van der Waals surface area contributed by atoms with E-state index in [0.717, 1.165) is 0 Å². The van der Waals surface area contributed by atoms with Crippen LogP contribution in [0.1, 0.15) is 5.56 Å². The molecular formula is C17H15FN2O3. The number of ether oxygens (including phenoxy) is 1. The van der Waals surface area contributed by atoms with Gasteiger partial charge in [0.2, 0.25) is 11.8 Å². The average Bonchev–Trinajstić information content (AvgIpc) is 2.54.